The van der Waals surface area contributed by atoms with Crippen LogP contribution in [0.5, 0.6) is 0 Å². The highest BCUT2D eigenvalue weighted by atomic mass is 19.1. The third-order valence-electron chi connectivity index (χ3n) is 3.07. The Morgan fingerprint density at radius 1 is 1.19 bits per heavy atom. The zero-order chi connectivity index (χ0) is 11.5. The predicted molar refractivity (Wildman–Crippen MR) is 63.1 cm³/mol. The molecule has 0 saturated carbocycles. The van der Waals surface area contributed by atoms with Gasteiger partial charge in [0.2, 0.25) is 5.95 Å². The van der Waals surface area contributed by atoms with Crippen molar-refractivity contribution in [3.05, 3.63) is 24.1 Å². The summed E-state index contributed by atoms with van der Waals surface area (Å²) in [5.74, 6) is 0.354. The van der Waals surface area contributed by atoms with Crippen LogP contribution in [-0.4, -0.2) is 42.1 Å². The molecule has 2 rings (SSSR count). The van der Waals surface area contributed by atoms with Crippen LogP contribution in [0.2, 0.25) is 0 Å². The van der Waals surface area contributed by atoms with E-state index in [4.69, 9.17) is 0 Å². The molecular weight excluding hydrogens is 205 g/mol. The molecule has 2 heterocycles. The first-order valence-corrected chi connectivity index (χ1v) is 5.78. The molecule has 1 saturated heterocycles. The zero-order valence-electron chi connectivity index (χ0n) is 9.86. The Hall–Kier alpha value is -1.16. The molecule has 0 aromatic carbocycles. The Bertz CT molecular complexity index is 346. The summed E-state index contributed by atoms with van der Waals surface area (Å²) in [6, 6.07) is 5.55. The Morgan fingerprint density at radius 2 is 1.88 bits per heavy atom. The average Bonchev–Trinajstić information content (AvgIpc) is 2.29. The number of nitrogens with zero attached hydrogens (tertiary/aromatic N) is 3. The van der Waals surface area contributed by atoms with E-state index in [-0.39, 0.29) is 0 Å². The van der Waals surface area contributed by atoms with E-state index in [2.05, 4.69) is 28.6 Å². The number of pyridine rings is 1. The molecule has 88 valence electrons. The van der Waals surface area contributed by atoms with Gasteiger partial charge < -0.3 is 4.90 Å². The first-order valence-electron chi connectivity index (χ1n) is 5.78. The van der Waals surface area contributed by atoms with Gasteiger partial charge in [-0.1, -0.05) is 6.07 Å². The first-order chi connectivity index (χ1) is 7.66. The summed E-state index contributed by atoms with van der Waals surface area (Å²) >= 11 is 0. The molecule has 0 unspecified atom stereocenters. The summed E-state index contributed by atoms with van der Waals surface area (Å²) in [6.07, 6.45) is 0. The van der Waals surface area contributed by atoms with Crippen LogP contribution in [0, 0.1) is 5.95 Å². The van der Waals surface area contributed by atoms with Crippen molar-refractivity contribution >= 4 is 5.82 Å². The Labute approximate surface area is 95.9 Å². The second kappa shape index (κ2) is 4.78. The lowest BCUT2D eigenvalue weighted by atomic mass is 10.2. The molecule has 4 heteroatoms. The summed E-state index contributed by atoms with van der Waals surface area (Å²) in [6.45, 7) is 8.31. The molecule has 1 aliphatic rings. The van der Waals surface area contributed by atoms with E-state index in [0.29, 0.717) is 6.04 Å². The lowest BCUT2D eigenvalue weighted by molar-refractivity contribution is 0.209. The van der Waals surface area contributed by atoms with E-state index in [1.54, 1.807) is 6.07 Å². The van der Waals surface area contributed by atoms with Gasteiger partial charge in [0, 0.05) is 32.2 Å². The van der Waals surface area contributed by atoms with Crippen LogP contribution < -0.4 is 4.90 Å². The number of hydrogen-bond donors (Lipinski definition) is 0. The van der Waals surface area contributed by atoms with E-state index < -0.39 is 5.95 Å². The molecule has 1 aromatic rings. The summed E-state index contributed by atoms with van der Waals surface area (Å²) in [7, 11) is 0. The highest BCUT2D eigenvalue weighted by molar-refractivity contribution is 5.38. The number of aromatic nitrogens is 1. The van der Waals surface area contributed by atoms with Crippen molar-refractivity contribution in [2.75, 3.05) is 31.1 Å². The molecule has 1 fully saturated rings. The van der Waals surface area contributed by atoms with Gasteiger partial charge >= 0.3 is 0 Å². The minimum atomic E-state index is -0.399. The molecule has 1 aromatic heterocycles. The van der Waals surface area contributed by atoms with Gasteiger partial charge in [-0.25, -0.2) is 4.98 Å². The molecular formula is C12H18FN3. The largest absolute Gasteiger partial charge is 0.354 e. The Kier molecular flexibility index (Phi) is 3.39. The van der Waals surface area contributed by atoms with Crippen LogP contribution in [0.15, 0.2) is 18.2 Å². The zero-order valence-corrected chi connectivity index (χ0v) is 9.86. The number of anilines is 1. The molecule has 1 aliphatic heterocycles. The number of halogens is 1. The molecule has 0 aliphatic carbocycles. The Balaban J connectivity index is 1.99. The maximum atomic E-state index is 13.0. The topological polar surface area (TPSA) is 19.4 Å². The average molecular weight is 223 g/mol. The third kappa shape index (κ3) is 2.50. The highest BCUT2D eigenvalue weighted by Crippen LogP contribution is 2.14. The van der Waals surface area contributed by atoms with E-state index >= 15 is 0 Å². The van der Waals surface area contributed by atoms with E-state index in [9.17, 15) is 4.39 Å². The molecule has 0 radical (unpaired) electrons. The molecule has 3 nitrogen and oxygen atoms in total. The van der Waals surface area contributed by atoms with Crippen molar-refractivity contribution in [1.82, 2.24) is 9.88 Å². The van der Waals surface area contributed by atoms with Gasteiger partial charge in [-0.05, 0) is 26.0 Å². The van der Waals surface area contributed by atoms with Gasteiger partial charge in [-0.2, -0.15) is 4.39 Å². The lowest BCUT2D eigenvalue weighted by Crippen LogP contribution is -2.49. The minimum Gasteiger partial charge on any atom is -0.354 e. The molecule has 0 amide bonds. The summed E-state index contributed by atoms with van der Waals surface area (Å²) in [5.41, 5.74) is 0. The Morgan fingerprint density at radius 3 is 2.44 bits per heavy atom. The first kappa shape index (κ1) is 11.3. The lowest BCUT2D eigenvalue weighted by Gasteiger charge is -2.37. The number of piperazine rings is 1. The van der Waals surface area contributed by atoms with Crippen LogP contribution in [0.1, 0.15) is 13.8 Å². The van der Waals surface area contributed by atoms with E-state index in [0.717, 1.165) is 32.0 Å². The molecule has 0 bridgehead atoms. The second-order valence-corrected chi connectivity index (χ2v) is 4.44. The smallest absolute Gasteiger partial charge is 0.214 e. The van der Waals surface area contributed by atoms with E-state index in [1.807, 2.05) is 6.07 Å². The third-order valence-corrected chi connectivity index (χ3v) is 3.07. The highest BCUT2D eigenvalue weighted by Gasteiger charge is 2.19. The maximum absolute atomic E-state index is 13.0. The van der Waals surface area contributed by atoms with E-state index in [1.165, 1.54) is 6.07 Å². The van der Waals surface area contributed by atoms with Gasteiger partial charge in [-0.3, -0.25) is 4.90 Å². The van der Waals surface area contributed by atoms with Crippen molar-refractivity contribution < 1.29 is 4.39 Å². The number of hydrogen-bond acceptors (Lipinski definition) is 3. The second-order valence-electron chi connectivity index (χ2n) is 4.44. The SMILES string of the molecule is CC(C)N1CCN(c2cccc(F)n2)CC1. The van der Waals surface area contributed by atoms with Gasteiger partial charge in [0.1, 0.15) is 5.82 Å². The van der Waals surface area contributed by atoms with Crippen LogP contribution in [0.25, 0.3) is 0 Å². The van der Waals surface area contributed by atoms with Crippen molar-refractivity contribution in [1.29, 1.82) is 0 Å². The maximum Gasteiger partial charge on any atom is 0.214 e. The van der Waals surface area contributed by atoms with Gasteiger partial charge in [0.15, 0.2) is 0 Å². The molecule has 0 atom stereocenters. The fourth-order valence-corrected chi connectivity index (χ4v) is 2.04. The van der Waals surface area contributed by atoms with Crippen molar-refractivity contribution in [2.45, 2.75) is 19.9 Å². The van der Waals surface area contributed by atoms with Gasteiger partial charge in [0.05, 0.1) is 0 Å². The minimum absolute atomic E-state index is 0.399. The van der Waals surface area contributed by atoms with Crippen LogP contribution in [0.3, 0.4) is 0 Å². The molecule has 0 N–H and O–H groups in total. The normalized spacial score (nSPS) is 18.1. The fraction of sp³-hybridized carbons (Fsp3) is 0.583. The summed E-state index contributed by atoms with van der Waals surface area (Å²) in [5, 5.41) is 0. The fourth-order valence-electron chi connectivity index (χ4n) is 2.04. The van der Waals surface area contributed by atoms with Crippen LogP contribution in [0.4, 0.5) is 10.2 Å². The summed E-state index contributed by atoms with van der Waals surface area (Å²) < 4.78 is 13.0. The molecule has 0 spiro atoms. The predicted octanol–water partition coefficient (Wildman–Crippen LogP) is 1.75. The van der Waals surface area contributed by atoms with Gasteiger partial charge in [-0.15, -0.1) is 0 Å². The monoisotopic (exact) mass is 223 g/mol. The van der Waals surface area contributed by atoms with Crippen molar-refractivity contribution in [2.24, 2.45) is 0 Å². The number of rotatable bonds is 2. The van der Waals surface area contributed by atoms with Crippen molar-refractivity contribution in [3.63, 3.8) is 0 Å². The molecule has 16 heavy (non-hydrogen) atoms. The standard InChI is InChI=1S/C12H18FN3/c1-10(2)15-6-8-16(9-7-15)12-5-3-4-11(13)14-12/h3-5,10H,6-9H2,1-2H3. The van der Waals surface area contributed by atoms with Crippen molar-refractivity contribution in [3.8, 4) is 0 Å². The summed E-state index contributed by atoms with van der Waals surface area (Å²) in [4.78, 5) is 8.47. The quantitative estimate of drug-likeness (QED) is 0.712. The van der Waals surface area contributed by atoms with Crippen LogP contribution >= 0.6 is 0 Å². The van der Waals surface area contributed by atoms with Gasteiger partial charge in [0.25, 0.3) is 0 Å². The van der Waals surface area contributed by atoms with Crippen LogP contribution in [-0.2, 0) is 0 Å².